The second-order valence-electron chi connectivity index (χ2n) is 7.87. The molecular formula is C21H21ClN2O5. The number of nitrogens with zero attached hydrogens (tertiary/aromatic N) is 2. The molecule has 1 aromatic heterocycles. The van der Waals surface area contributed by atoms with Crippen molar-refractivity contribution in [3.05, 3.63) is 44.8 Å². The van der Waals surface area contributed by atoms with E-state index in [9.17, 15) is 19.2 Å². The highest BCUT2D eigenvalue weighted by Crippen LogP contribution is 2.32. The van der Waals surface area contributed by atoms with E-state index in [-0.39, 0.29) is 18.5 Å². The average molecular weight is 417 g/mol. The third kappa shape index (κ3) is 3.33. The summed E-state index contributed by atoms with van der Waals surface area (Å²) in [4.78, 5) is 52.2. The van der Waals surface area contributed by atoms with Crippen LogP contribution in [-0.4, -0.2) is 33.7 Å². The van der Waals surface area contributed by atoms with Crippen LogP contribution in [0.4, 0.5) is 4.79 Å². The topological polar surface area (TPSA) is 87.9 Å². The van der Waals surface area contributed by atoms with E-state index < -0.39 is 23.5 Å². The number of urea groups is 1. The minimum absolute atomic E-state index is 0.149. The van der Waals surface area contributed by atoms with Gasteiger partial charge in [-0.1, -0.05) is 31.4 Å². The van der Waals surface area contributed by atoms with Gasteiger partial charge in [0.2, 0.25) is 0 Å². The van der Waals surface area contributed by atoms with E-state index in [2.05, 4.69) is 0 Å². The molecule has 7 nitrogen and oxygen atoms in total. The Morgan fingerprint density at radius 1 is 1.07 bits per heavy atom. The maximum Gasteiger partial charge on any atom is 0.336 e. The number of hydrogen-bond donors (Lipinski definition) is 0. The molecule has 29 heavy (non-hydrogen) atoms. The molecule has 0 N–H and O–H groups in total. The van der Waals surface area contributed by atoms with Crippen LogP contribution in [0.15, 0.2) is 27.4 Å². The van der Waals surface area contributed by atoms with Gasteiger partial charge in [-0.2, -0.15) is 0 Å². The molecule has 152 valence electrons. The van der Waals surface area contributed by atoms with E-state index in [0.29, 0.717) is 28.0 Å². The minimum atomic E-state index is -0.868. The van der Waals surface area contributed by atoms with Crippen LogP contribution in [0.2, 0.25) is 5.02 Å². The predicted octanol–water partition coefficient (Wildman–Crippen LogP) is 3.62. The quantitative estimate of drug-likeness (QED) is 0.433. The zero-order chi connectivity index (χ0) is 20.9. The van der Waals surface area contributed by atoms with Gasteiger partial charge in [0.05, 0.1) is 6.54 Å². The highest BCUT2D eigenvalue weighted by atomic mass is 35.5. The van der Waals surface area contributed by atoms with Gasteiger partial charge in [0.1, 0.15) is 5.58 Å². The Balaban J connectivity index is 1.70. The molecule has 2 aromatic rings. The number of benzene rings is 1. The average Bonchev–Trinajstić information content (AvgIpc) is 2.87. The highest BCUT2D eigenvalue weighted by Gasteiger charge is 2.49. The van der Waals surface area contributed by atoms with Crippen LogP contribution in [0.5, 0.6) is 0 Å². The molecule has 1 aliphatic carbocycles. The number of fused-ring (bicyclic) bond motifs is 1. The molecule has 8 heteroatoms. The maximum atomic E-state index is 13.0. The molecule has 1 saturated heterocycles. The SMILES string of the molecule is Cc1cc2oc(=O)cc(CN3C(=O)C(=O)N([C@H]4CCCC[C@@H]4C)C3=O)c2cc1Cl. The number of aryl methyl sites for hydroxylation is 1. The van der Waals surface area contributed by atoms with Gasteiger partial charge in [-0.15, -0.1) is 0 Å². The Hall–Kier alpha value is -2.67. The first kappa shape index (κ1) is 19.6. The van der Waals surface area contributed by atoms with Gasteiger partial charge in [0, 0.05) is 22.5 Å². The Morgan fingerprint density at radius 3 is 2.52 bits per heavy atom. The number of carbonyl (C=O) groups excluding carboxylic acids is 3. The first-order chi connectivity index (χ1) is 13.8. The van der Waals surface area contributed by atoms with Crippen molar-refractivity contribution in [1.82, 2.24) is 9.80 Å². The summed E-state index contributed by atoms with van der Waals surface area (Å²) >= 11 is 6.21. The molecule has 0 radical (unpaired) electrons. The Labute approximate surface area is 172 Å². The summed E-state index contributed by atoms with van der Waals surface area (Å²) in [6.45, 7) is 3.59. The molecule has 2 atom stereocenters. The monoisotopic (exact) mass is 416 g/mol. The number of halogens is 1. The lowest BCUT2D eigenvalue weighted by Gasteiger charge is -2.34. The molecule has 1 saturated carbocycles. The molecule has 4 rings (SSSR count). The second kappa shape index (κ2) is 7.30. The Morgan fingerprint density at radius 2 is 1.79 bits per heavy atom. The van der Waals surface area contributed by atoms with Crippen LogP contribution in [0, 0.1) is 12.8 Å². The molecular weight excluding hydrogens is 396 g/mol. The van der Waals surface area contributed by atoms with E-state index in [4.69, 9.17) is 16.0 Å². The third-order valence-electron chi connectivity index (χ3n) is 5.92. The number of carbonyl (C=O) groups is 3. The van der Waals surface area contributed by atoms with Crippen molar-refractivity contribution in [2.75, 3.05) is 0 Å². The third-order valence-corrected chi connectivity index (χ3v) is 6.33. The van der Waals surface area contributed by atoms with Gasteiger partial charge in [0.15, 0.2) is 0 Å². The van der Waals surface area contributed by atoms with Crippen LogP contribution >= 0.6 is 11.6 Å². The van der Waals surface area contributed by atoms with Crippen molar-refractivity contribution < 1.29 is 18.8 Å². The van der Waals surface area contributed by atoms with E-state index in [0.717, 1.165) is 34.6 Å². The summed E-state index contributed by atoms with van der Waals surface area (Å²) in [5, 5.41) is 0.998. The Bertz CT molecular complexity index is 1090. The first-order valence-corrected chi connectivity index (χ1v) is 10.1. The van der Waals surface area contributed by atoms with E-state index in [1.165, 1.54) is 6.07 Å². The largest absolute Gasteiger partial charge is 0.423 e. The lowest BCUT2D eigenvalue weighted by molar-refractivity contribution is -0.144. The number of hydrogen-bond acceptors (Lipinski definition) is 5. The standard InChI is InChI=1S/C21H21ClN2O5/c1-11-5-3-4-6-16(11)24-20(27)19(26)23(21(24)28)10-13-8-18(25)29-17-7-12(2)15(22)9-14(13)17/h7-9,11,16H,3-6,10H2,1-2H3/t11-,16-/m0/s1. The zero-order valence-corrected chi connectivity index (χ0v) is 17.0. The smallest absolute Gasteiger partial charge is 0.336 e. The normalized spacial score (nSPS) is 22.8. The molecule has 1 aliphatic heterocycles. The lowest BCUT2D eigenvalue weighted by atomic mass is 9.85. The molecule has 0 spiro atoms. The number of imide groups is 2. The Kier molecular flexibility index (Phi) is 4.94. The van der Waals surface area contributed by atoms with Crippen molar-refractivity contribution in [2.45, 2.75) is 52.1 Å². The van der Waals surface area contributed by atoms with Gasteiger partial charge < -0.3 is 4.42 Å². The summed E-state index contributed by atoms with van der Waals surface area (Å²) in [5.41, 5.74) is 0.863. The number of rotatable bonds is 3. The minimum Gasteiger partial charge on any atom is -0.423 e. The lowest BCUT2D eigenvalue weighted by Crippen LogP contribution is -2.46. The summed E-state index contributed by atoms with van der Waals surface area (Å²) in [6, 6.07) is 3.60. The summed E-state index contributed by atoms with van der Waals surface area (Å²) in [5.74, 6) is -1.52. The fourth-order valence-electron chi connectivity index (χ4n) is 4.28. The van der Waals surface area contributed by atoms with Gasteiger partial charge in [0.25, 0.3) is 0 Å². The molecule has 0 unspecified atom stereocenters. The van der Waals surface area contributed by atoms with Crippen LogP contribution < -0.4 is 5.63 Å². The van der Waals surface area contributed by atoms with Crippen molar-refractivity contribution in [2.24, 2.45) is 5.92 Å². The van der Waals surface area contributed by atoms with Gasteiger partial charge in [-0.05, 0) is 48.9 Å². The van der Waals surface area contributed by atoms with Crippen LogP contribution in [0.1, 0.15) is 43.7 Å². The summed E-state index contributed by atoms with van der Waals surface area (Å²) < 4.78 is 5.23. The van der Waals surface area contributed by atoms with Crippen molar-refractivity contribution in [3.63, 3.8) is 0 Å². The van der Waals surface area contributed by atoms with Crippen LogP contribution in [0.25, 0.3) is 11.0 Å². The van der Waals surface area contributed by atoms with Crippen molar-refractivity contribution in [3.8, 4) is 0 Å². The molecule has 0 bridgehead atoms. The maximum absolute atomic E-state index is 13.0. The fourth-order valence-corrected chi connectivity index (χ4v) is 4.45. The highest BCUT2D eigenvalue weighted by molar-refractivity contribution is 6.44. The molecule has 2 heterocycles. The van der Waals surface area contributed by atoms with Crippen molar-refractivity contribution >= 4 is 40.4 Å². The van der Waals surface area contributed by atoms with E-state index in [1.54, 1.807) is 19.1 Å². The summed E-state index contributed by atoms with van der Waals surface area (Å²) in [7, 11) is 0. The van der Waals surface area contributed by atoms with Crippen LogP contribution in [-0.2, 0) is 16.1 Å². The first-order valence-electron chi connectivity index (χ1n) is 9.70. The molecule has 4 amide bonds. The summed E-state index contributed by atoms with van der Waals surface area (Å²) in [6.07, 6.45) is 3.59. The van der Waals surface area contributed by atoms with Crippen LogP contribution in [0.3, 0.4) is 0 Å². The van der Waals surface area contributed by atoms with E-state index >= 15 is 0 Å². The van der Waals surface area contributed by atoms with Gasteiger partial charge in [-0.3, -0.25) is 19.4 Å². The second-order valence-corrected chi connectivity index (χ2v) is 8.27. The molecule has 2 aliphatic rings. The van der Waals surface area contributed by atoms with Gasteiger partial charge >= 0.3 is 23.5 Å². The predicted molar refractivity (Wildman–Crippen MR) is 106 cm³/mol. The molecule has 1 aromatic carbocycles. The van der Waals surface area contributed by atoms with E-state index in [1.807, 2.05) is 6.92 Å². The van der Waals surface area contributed by atoms with Crippen molar-refractivity contribution in [1.29, 1.82) is 0 Å². The van der Waals surface area contributed by atoms with Gasteiger partial charge in [-0.25, -0.2) is 9.59 Å². The molecule has 2 fully saturated rings. The number of amides is 4. The fraction of sp³-hybridized carbons (Fsp3) is 0.429. The zero-order valence-electron chi connectivity index (χ0n) is 16.2.